The minimum Gasteiger partial charge on any atom is -0.340 e. The predicted octanol–water partition coefficient (Wildman–Crippen LogP) is 9.03. The van der Waals surface area contributed by atoms with Crippen LogP contribution in [0.2, 0.25) is 0 Å². The van der Waals surface area contributed by atoms with E-state index in [1.54, 1.807) is 0 Å². The summed E-state index contributed by atoms with van der Waals surface area (Å²) in [6.45, 7) is 29.8. The quantitative estimate of drug-likeness (QED) is 0.253. The fraction of sp³-hybridized carbons (Fsp3) is 0.438. The number of fused-ring (bicyclic) bond motifs is 7. The van der Waals surface area contributed by atoms with E-state index in [1.807, 2.05) is 0 Å². The first-order valence-corrected chi connectivity index (χ1v) is 12.9. The molecule has 0 aliphatic rings. The van der Waals surface area contributed by atoms with Gasteiger partial charge in [-0.2, -0.15) is 0 Å². The molecule has 2 heteroatoms. The smallest absolute Gasteiger partial charge is 0.0596 e. The van der Waals surface area contributed by atoms with Crippen LogP contribution in [0.4, 0.5) is 0 Å². The number of benzene rings is 3. The fourth-order valence-electron chi connectivity index (χ4n) is 6.85. The highest BCUT2D eigenvalue weighted by atomic mass is 15.0. The average molecular weight is 453 g/mol. The van der Waals surface area contributed by atoms with E-state index in [0.717, 1.165) is 13.1 Å². The SMILES string of the molecule is CCn1c2c(C)c(C)c(C)c(C)c2c2c1c(C)c(C)c1c3c(C)c(C)c(C)c(C)c3n(CC)c12. The summed E-state index contributed by atoms with van der Waals surface area (Å²) in [6.07, 6.45) is 0. The van der Waals surface area contributed by atoms with E-state index < -0.39 is 0 Å². The van der Waals surface area contributed by atoms with Gasteiger partial charge in [0.05, 0.1) is 22.1 Å². The first-order valence-electron chi connectivity index (χ1n) is 12.9. The maximum absolute atomic E-state index is 2.64. The first kappa shape index (κ1) is 23.0. The molecule has 0 fully saturated rings. The van der Waals surface area contributed by atoms with Crippen LogP contribution in [0.1, 0.15) is 69.5 Å². The summed E-state index contributed by atoms with van der Waals surface area (Å²) >= 11 is 0. The van der Waals surface area contributed by atoms with Gasteiger partial charge in [-0.05, 0) is 139 Å². The van der Waals surface area contributed by atoms with Crippen molar-refractivity contribution in [2.45, 2.75) is 96.2 Å². The standard InChI is InChI=1S/C32H40N2/c1-13-33-30-23(11)18(6)16(4)20(8)27(30)28-31(33)24(12)21(9)26-25-19(7)15(3)17(5)22(10)29(25)34(14-2)32(26)28/h13-14H2,1-12H3. The van der Waals surface area contributed by atoms with Gasteiger partial charge in [-0.3, -0.25) is 0 Å². The first-order chi connectivity index (χ1) is 16.0. The molecule has 0 radical (unpaired) electrons. The summed E-state index contributed by atoms with van der Waals surface area (Å²) in [5.74, 6) is 0. The topological polar surface area (TPSA) is 9.86 Å². The summed E-state index contributed by atoms with van der Waals surface area (Å²) in [7, 11) is 0. The van der Waals surface area contributed by atoms with Gasteiger partial charge < -0.3 is 9.13 Å². The summed E-state index contributed by atoms with van der Waals surface area (Å²) in [6, 6.07) is 0. The second-order valence-corrected chi connectivity index (χ2v) is 10.6. The van der Waals surface area contributed by atoms with Crippen molar-refractivity contribution in [2.24, 2.45) is 0 Å². The van der Waals surface area contributed by atoms with Gasteiger partial charge >= 0.3 is 0 Å². The molecule has 0 saturated heterocycles. The zero-order valence-corrected chi connectivity index (χ0v) is 23.3. The van der Waals surface area contributed by atoms with E-state index in [2.05, 4.69) is 92.2 Å². The number of nitrogens with zero attached hydrogens (tertiary/aromatic N) is 2. The molecule has 3 aromatic carbocycles. The zero-order valence-electron chi connectivity index (χ0n) is 23.3. The van der Waals surface area contributed by atoms with Gasteiger partial charge in [0, 0.05) is 34.6 Å². The molecular weight excluding hydrogens is 412 g/mol. The van der Waals surface area contributed by atoms with Crippen molar-refractivity contribution in [3.8, 4) is 0 Å². The third-order valence-electron chi connectivity index (χ3n) is 9.52. The fourth-order valence-corrected chi connectivity index (χ4v) is 6.85. The van der Waals surface area contributed by atoms with Crippen molar-refractivity contribution in [3.05, 3.63) is 55.6 Å². The number of aromatic nitrogens is 2. The highest BCUT2D eigenvalue weighted by molar-refractivity contribution is 6.29. The van der Waals surface area contributed by atoms with Gasteiger partial charge in [-0.1, -0.05) is 0 Å². The van der Waals surface area contributed by atoms with Gasteiger partial charge in [0.25, 0.3) is 0 Å². The minimum atomic E-state index is 0.974. The molecule has 0 atom stereocenters. The van der Waals surface area contributed by atoms with Gasteiger partial charge in [0.1, 0.15) is 0 Å². The lowest BCUT2D eigenvalue weighted by atomic mass is 9.90. The van der Waals surface area contributed by atoms with Crippen LogP contribution in [0.25, 0.3) is 43.6 Å². The average Bonchev–Trinajstić information content (AvgIpc) is 3.35. The van der Waals surface area contributed by atoms with Crippen LogP contribution in [0.3, 0.4) is 0 Å². The molecule has 0 saturated carbocycles. The summed E-state index contributed by atoms with van der Waals surface area (Å²) < 4.78 is 5.24. The van der Waals surface area contributed by atoms with E-state index in [0.29, 0.717) is 0 Å². The molecule has 34 heavy (non-hydrogen) atoms. The summed E-state index contributed by atoms with van der Waals surface area (Å²) in [5, 5.41) is 5.86. The largest absolute Gasteiger partial charge is 0.340 e. The van der Waals surface area contributed by atoms with Crippen molar-refractivity contribution in [3.63, 3.8) is 0 Å². The van der Waals surface area contributed by atoms with Gasteiger partial charge in [-0.15, -0.1) is 0 Å². The number of aryl methyl sites for hydroxylation is 8. The van der Waals surface area contributed by atoms with Gasteiger partial charge in [-0.25, -0.2) is 0 Å². The molecule has 2 nitrogen and oxygen atoms in total. The Kier molecular flexibility index (Phi) is 5.00. The van der Waals surface area contributed by atoms with E-state index in [-0.39, 0.29) is 0 Å². The maximum Gasteiger partial charge on any atom is 0.0596 e. The predicted molar refractivity (Wildman–Crippen MR) is 151 cm³/mol. The third kappa shape index (κ3) is 2.47. The van der Waals surface area contributed by atoms with Crippen LogP contribution in [0.15, 0.2) is 0 Å². The van der Waals surface area contributed by atoms with Crippen molar-refractivity contribution in [1.82, 2.24) is 9.13 Å². The van der Waals surface area contributed by atoms with Crippen molar-refractivity contribution < 1.29 is 0 Å². The molecule has 2 heterocycles. The molecule has 0 amide bonds. The lowest BCUT2D eigenvalue weighted by Gasteiger charge is -2.14. The summed E-state index contributed by atoms with van der Waals surface area (Å²) in [5.41, 5.74) is 20.1. The zero-order chi connectivity index (χ0) is 25.0. The van der Waals surface area contributed by atoms with Crippen LogP contribution in [-0.4, -0.2) is 9.13 Å². The van der Waals surface area contributed by atoms with E-state index in [4.69, 9.17) is 0 Å². The van der Waals surface area contributed by atoms with Crippen LogP contribution in [0, 0.1) is 69.2 Å². The molecule has 5 rings (SSSR count). The maximum atomic E-state index is 2.64. The normalized spacial score (nSPS) is 12.4. The summed E-state index contributed by atoms with van der Waals surface area (Å²) in [4.78, 5) is 0. The Morgan fingerprint density at radius 3 is 1.03 bits per heavy atom. The Bertz CT molecular complexity index is 1700. The molecule has 0 aliphatic carbocycles. The van der Waals surface area contributed by atoms with Gasteiger partial charge in [0.15, 0.2) is 0 Å². The molecule has 0 spiro atoms. The van der Waals surface area contributed by atoms with Crippen LogP contribution in [0.5, 0.6) is 0 Å². The number of hydrogen-bond acceptors (Lipinski definition) is 0. The molecule has 5 aromatic rings. The number of hydrogen-bond donors (Lipinski definition) is 0. The van der Waals surface area contributed by atoms with Crippen LogP contribution in [-0.2, 0) is 13.1 Å². The van der Waals surface area contributed by atoms with E-state index in [1.165, 1.54) is 99.2 Å². The van der Waals surface area contributed by atoms with Crippen molar-refractivity contribution >= 4 is 43.6 Å². The Hall–Kier alpha value is -2.74. The third-order valence-corrected chi connectivity index (χ3v) is 9.52. The Morgan fingerprint density at radius 1 is 0.324 bits per heavy atom. The minimum absolute atomic E-state index is 0.974. The molecule has 0 bridgehead atoms. The van der Waals surface area contributed by atoms with E-state index in [9.17, 15) is 0 Å². The van der Waals surface area contributed by atoms with Gasteiger partial charge in [0.2, 0.25) is 0 Å². The lowest BCUT2D eigenvalue weighted by molar-refractivity contribution is 0.818. The number of rotatable bonds is 2. The molecule has 0 N–H and O–H groups in total. The highest BCUT2D eigenvalue weighted by Gasteiger charge is 2.27. The van der Waals surface area contributed by atoms with E-state index >= 15 is 0 Å². The Balaban J connectivity index is 2.31. The molecule has 178 valence electrons. The second-order valence-electron chi connectivity index (χ2n) is 10.6. The second kappa shape index (κ2) is 7.38. The molecular formula is C32H40N2. The Morgan fingerprint density at radius 2 is 0.588 bits per heavy atom. The molecule has 2 aromatic heterocycles. The Labute approximate surface area is 204 Å². The molecule has 0 aliphatic heterocycles. The highest BCUT2D eigenvalue weighted by Crippen LogP contribution is 2.47. The molecule has 0 unspecified atom stereocenters. The van der Waals surface area contributed by atoms with Crippen molar-refractivity contribution in [2.75, 3.05) is 0 Å². The lowest BCUT2D eigenvalue weighted by Crippen LogP contribution is -2.00. The monoisotopic (exact) mass is 452 g/mol. The van der Waals surface area contributed by atoms with Crippen LogP contribution >= 0.6 is 0 Å². The van der Waals surface area contributed by atoms with Crippen molar-refractivity contribution in [1.29, 1.82) is 0 Å². The van der Waals surface area contributed by atoms with Crippen LogP contribution < -0.4 is 0 Å².